The van der Waals surface area contributed by atoms with Crippen molar-refractivity contribution in [3.05, 3.63) is 0 Å². The first kappa shape index (κ1) is 7.99. The van der Waals surface area contributed by atoms with Gasteiger partial charge in [-0.1, -0.05) is 19.1 Å². The molecule has 1 nitrogen and oxygen atoms in total. The molecule has 0 aromatic rings. The third-order valence-electron chi connectivity index (χ3n) is 2.10. The second-order valence-electron chi connectivity index (χ2n) is 3.21. The quantitative estimate of drug-likeness (QED) is 0.495. The maximum Gasteiger partial charge on any atom is 0.0747 e. The number of hydrogen-bond acceptors (Lipinski definition) is 1. The van der Waals surface area contributed by atoms with E-state index in [1.807, 2.05) is 6.92 Å². The first-order chi connectivity index (χ1) is 4.70. The van der Waals surface area contributed by atoms with Gasteiger partial charge in [0.05, 0.1) is 4.99 Å². The molecule has 0 aliphatic carbocycles. The van der Waals surface area contributed by atoms with Crippen molar-refractivity contribution in [2.24, 2.45) is 5.92 Å². The van der Waals surface area contributed by atoms with E-state index in [1.165, 1.54) is 25.9 Å². The molecule has 1 aliphatic heterocycles. The molecule has 58 valence electrons. The van der Waals surface area contributed by atoms with Crippen LogP contribution < -0.4 is 0 Å². The van der Waals surface area contributed by atoms with Gasteiger partial charge < -0.3 is 4.90 Å². The van der Waals surface area contributed by atoms with Crippen LogP contribution in [0.25, 0.3) is 0 Å². The summed E-state index contributed by atoms with van der Waals surface area (Å²) in [7, 11) is 0. The summed E-state index contributed by atoms with van der Waals surface area (Å²) in [6.07, 6.45) is 2.69. The molecule has 1 atom stereocenters. The molecule has 2 heteroatoms. The van der Waals surface area contributed by atoms with Crippen molar-refractivity contribution in [3.8, 4) is 0 Å². The molecule has 1 saturated heterocycles. The lowest BCUT2D eigenvalue weighted by atomic mass is 10.0. The molecule has 0 N–H and O–H groups in total. The van der Waals surface area contributed by atoms with Gasteiger partial charge >= 0.3 is 0 Å². The van der Waals surface area contributed by atoms with Crippen LogP contribution in [0.3, 0.4) is 0 Å². The molecule has 1 fully saturated rings. The molecule has 0 amide bonds. The van der Waals surface area contributed by atoms with E-state index in [0.29, 0.717) is 0 Å². The number of rotatable bonds is 0. The molecule has 0 radical (unpaired) electrons. The third kappa shape index (κ3) is 1.94. The summed E-state index contributed by atoms with van der Waals surface area (Å²) < 4.78 is 0. The molecule has 0 aromatic carbocycles. The highest BCUT2D eigenvalue weighted by molar-refractivity contribution is 7.80. The SMILES string of the molecule is CC(=S)N1CCC[C@@H](C)C1. The summed E-state index contributed by atoms with van der Waals surface area (Å²) in [6, 6.07) is 0. The lowest BCUT2D eigenvalue weighted by Crippen LogP contribution is -2.36. The van der Waals surface area contributed by atoms with Gasteiger partial charge in [0, 0.05) is 13.1 Å². The van der Waals surface area contributed by atoms with Gasteiger partial charge in [-0.2, -0.15) is 0 Å². The average molecular weight is 157 g/mol. The molecule has 0 aromatic heterocycles. The highest BCUT2D eigenvalue weighted by Crippen LogP contribution is 2.15. The van der Waals surface area contributed by atoms with Gasteiger partial charge in [-0.15, -0.1) is 0 Å². The average Bonchev–Trinajstić information content (AvgIpc) is 1.88. The van der Waals surface area contributed by atoms with E-state index in [-0.39, 0.29) is 0 Å². The third-order valence-corrected chi connectivity index (χ3v) is 2.36. The molecule has 0 unspecified atom stereocenters. The topological polar surface area (TPSA) is 3.24 Å². The summed E-state index contributed by atoms with van der Waals surface area (Å²) in [5.74, 6) is 0.839. The fraction of sp³-hybridized carbons (Fsp3) is 0.875. The summed E-state index contributed by atoms with van der Waals surface area (Å²) in [6.45, 7) is 6.67. The Hall–Kier alpha value is -0.110. The van der Waals surface area contributed by atoms with Gasteiger partial charge in [0.25, 0.3) is 0 Å². The zero-order valence-corrected chi connectivity index (χ0v) is 7.58. The molecule has 1 rings (SSSR count). The van der Waals surface area contributed by atoms with Crippen LogP contribution in [-0.2, 0) is 0 Å². The first-order valence-corrected chi connectivity index (χ1v) is 4.36. The number of piperidine rings is 1. The van der Waals surface area contributed by atoms with Crippen LogP contribution in [0.2, 0.25) is 0 Å². The Balaban J connectivity index is 2.39. The monoisotopic (exact) mass is 157 g/mol. The van der Waals surface area contributed by atoms with E-state index in [9.17, 15) is 0 Å². The van der Waals surface area contributed by atoms with Crippen molar-refractivity contribution in [1.29, 1.82) is 0 Å². The molecule has 0 spiro atoms. The molecule has 0 saturated carbocycles. The van der Waals surface area contributed by atoms with Crippen molar-refractivity contribution in [3.63, 3.8) is 0 Å². The minimum absolute atomic E-state index is 0.839. The highest BCUT2D eigenvalue weighted by atomic mass is 32.1. The Labute approximate surface area is 68.4 Å². The van der Waals surface area contributed by atoms with Crippen LogP contribution >= 0.6 is 12.2 Å². The lowest BCUT2D eigenvalue weighted by Gasteiger charge is -2.31. The Kier molecular flexibility index (Phi) is 2.66. The minimum atomic E-state index is 0.839. The summed E-state index contributed by atoms with van der Waals surface area (Å²) >= 11 is 5.09. The van der Waals surface area contributed by atoms with Crippen molar-refractivity contribution in [2.75, 3.05) is 13.1 Å². The molecular weight excluding hydrogens is 142 g/mol. The van der Waals surface area contributed by atoms with E-state index in [0.717, 1.165) is 10.9 Å². The van der Waals surface area contributed by atoms with Crippen LogP contribution in [0.15, 0.2) is 0 Å². The number of thiocarbonyl (C=S) groups is 1. The zero-order chi connectivity index (χ0) is 7.56. The highest BCUT2D eigenvalue weighted by Gasteiger charge is 2.15. The fourth-order valence-electron chi connectivity index (χ4n) is 1.48. The van der Waals surface area contributed by atoms with E-state index in [1.54, 1.807) is 0 Å². The molecular formula is C8H15NS. The Morgan fingerprint density at radius 3 is 2.70 bits per heavy atom. The number of hydrogen-bond donors (Lipinski definition) is 0. The van der Waals surface area contributed by atoms with Gasteiger partial charge in [-0.25, -0.2) is 0 Å². The van der Waals surface area contributed by atoms with E-state index >= 15 is 0 Å². The lowest BCUT2D eigenvalue weighted by molar-refractivity contribution is 0.276. The second kappa shape index (κ2) is 3.33. The molecule has 10 heavy (non-hydrogen) atoms. The zero-order valence-electron chi connectivity index (χ0n) is 6.76. The van der Waals surface area contributed by atoms with E-state index in [4.69, 9.17) is 12.2 Å². The maximum atomic E-state index is 5.09. The summed E-state index contributed by atoms with van der Waals surface area (Å²) in [4.78, 5) is 3.37. The van der Waals surface area contributed by atoms with Crippen LogP contribution in [0.5, 0.6) is 0 Å². The number of nitrogens with zero attached hydrogens (tertiary/aromatic N) is 1. The second-order valence-corrected chi connectivity index (χ2v) is 3.80. The van der Waals surface area contributed by atoms with Crippen molar-refractivity contribution in [1.82, 2.24) is 4.90 Å². The van der Waals surface area contributed by atoms with Crippen molar-refractivity contribution in [2.45, 2.75) is 26.7 Å². The van der Waals surface area contributed by atoms with Gasteiger partial charge in [0.1, 0.15) is 0 Å². The van der Waals surface area contributed by atoms with Crippen LogP contribution in [0.1, 0.15) is 26.7 Å². The number of likely N-dealkylation sites (tertiary alicyclic amines) is 1. The Morgan fingerprint density at radius 2 is 2.30 bits per heavy atom. The molecule has 0 bridgehead atoms. The standard InChI is InChI=1S/C8H15NS/c1-7-4-3-5-9(6-7)8(2)10/h7H,3-6H2,1-2H3/t7-/m1/s1. The Morgan fingerprint density at radius 1 is 1.60 bits per heavy atom. The predicted octanol–water partition coefficient (Wildman–Crippen LogP) is 2.07. The van der Waals surface area contributed by atoms with Gasteiger partial charge in [-0.05, 0) is 25.7 Å². The summed E-state index contributed by atoms with van der Waals surface area (Å²) in [5, 5.41) is 0. The van der Waals surface area contributed by atoms with Crippen LogP contribution in [0.4, 0.5) is 0 Å². The Bertz CT molecular complexity index is 133. The minimum Gasteiger partial charge on any atom is -0.366 e. The van der Waals surface area contributed by atoms with E-state index in [2.05, 4.69) is 11.8 Å². The van der Waals surface area contributed by atoms with Crippen LogP contribution in [-0.4, -0.2) is 23.0 Å². The molecule has 1 aliphatic rings. The van der Waals surface area contributed by atoms with Crippen LogP contribution in [0, 0.1) is 5.92 Å². The van der Waals surface area contributed by atoms with Gasteiger partial charge in [0.15, 0.2) is 0 Å². The molecule has 1 heterocycles. The predicted molar refractivity (Wildman–Crippen MR) is 48.2 cm³/mol. The van der Waals surface area contributed by atoms with Crippen molar-refractivity contribution >= 4 is 17.2 Å². The normalized spacial score (nSPS) is 26.6. The fourth-order valence-corrected chi connectivity index (χ4v) is 1.64. The first-order valence-electron chi connectivity index (χ1n) is 3.95. The summed E-state index contributed by atoms with van der Waals surface area (Å²) in [5.41, 5.74) is 0. The smallest absolute Gasteiger partial charge is 0.0747 e. The van der Waals surface area contributed by atoms with Gasteiger partial charge in [-0.3, -0.25) is 0 Å². The maximum absolute atomic E-state index is 5.09. The van der Waals surface area contributed by atoms with E-state index < -0.39 is 0 Å². The van der Waals surface area contributed by atoms with Crippen molar-refractivity contribution < 1.29 is 0 Å². The largest absolute Gasteiger partial charge is 0.366 e. The van der Waals surface area contributed by atoms with Gasteiger partial charge in [0.2, 0.25) is 0 Å².